The molecule has 0 fully saturated rings. The summed E-state index contributed by atoms with van der Waals surface area (Å²) >= 11 is 1.59. The molecular formula is C25H23N3O4S. The molecule has 2 aromatic carbocycles. The summed E-state index contributed by atoms with van der Waals surface area (Å²) in [6.07, 6.45) is 0.725. The zero-order valence-electron chi connectivity index (χ0n) is 18.4. The number of hydrogen-bond acceptors (Lipinski definition) is 6. The second kappa shape index (κ2) is 8.71. The van der Waals surface area contributed by atoms with E-state index in [-0.39, 0.29) is 11.9 Å². The van der Waals surface area contributed by atoms with Gasteiger partial charge in [-0.3, -0.25) is 4.79 Å². The number of nitrogens with zero attached hydrogens (tertiary/aromatic N) is 2. The van der Waals surface area contributed by atoms with Crippen LogP contribution in [0.15, 0.2) is 47.8 Å². The lowest BCUT2D eigenvalue weighted by atomic mass is 10.0. The Kier molecular flexibility index (Phi) is 5.60. The van der Waals surface area contributed by atoms with Crippen LogP contribution < -0.4 is 4.74 Å². The quantitative estimate of drug-likeness (QED) is 0.443. The van der Waals surface area contributed by atoms with E-state index in [0.717, 1.165) is 39.3 Å². The molecule has 1 aliphatic heterocycles. The van der Waals surface area contributed by atoms with Gasteiger partial charge in [-0.25, -0.2) is 9.78 Å². The number of aromatic amines is 1. The number of fused-ring (bicyclic) bond motifs is 3. The standard InChI is InChI=1S/C25H23N3O4S/c1-15-26-18(14-33-15)13-32-19-5-3-4-16(10-19)24(29)28-9-8-23-21(12-28)20-11-17(25(30)31-2)6-7-22(20)27-23/h3-7,10-11,14,27H,8-9,12-13H2,1-2H3. The summed E-state index contributed by atoms with van der Waals surface area (Å²) in [6.45, 7) is 3.42. The third-order valence-corrected chi connectivity index (χ3v) is 6.64. The van der Waals surface area contributed by atoms with Crippen molar-refractivity contribution >= 4 is 34.1 Å². The zero-order valence-corrected chi connectivity index (χ0v) is 19.2. The maximum atomic E-state index is 13.3. The Balaban J connectivity index is 1.35. The number of methoxy groups -OCH3 is 1. The third-order valence-electron chi connectivity index (χ3n) is 5.82. The highest BCUT2D eigenvalue weighted by molar-refractivity contribution is 7.09. The number of carbonyl (C=O) groups excluding carboxylic acids is 2. The van der Waals surface area contributed by atoms with E-state index in [1.807, 2.05) is 47.5 Å². The first-order valence-electron chi connectivity index (χ1n) is 10.7. The van der Waals surface area contributed by atoms with Crippen molar-refractivity contribution in [2.75, 3.05) is 13.7 Å². The highest BCUT2D eigenvalue weighted by Crippen LogP contribution is 2.30. The molecule has 7 nitrogen and oxygen atoms in total. The molecule has 1 amide bonds. The van der Waals surface area contributed by atoms with E-state index in [4.69, 9.17) is 9.47 Å². The SMILES string of the molecule is COC(=O)c1ccc2[nH]c3c(c2c1)CN(C(=O)c1cccc(OCc2csc(C)n2)c1)CC3. The van der Waals surface area contributed by atoms with E-state index < -0.39 is 0 Å². The summed E-state index contributed by atoms with van der Waals surface area (Å²) in [6, 6.07) is 12.7. The molecule has 0 bridgehead atoms. The van der Waals surface area contributed by atoms with Crippen LogP contribution in [-0.2, 0) is 24.3 Å². The molecule has 4 aromatic rings. The number of rotatable bonds is 5. The molecule has 0 atom stereocenters. The van der Waals surface area contributed by atoms with Crippen LogP contribution in [0.3, 0.4) is 0 Å². The molecule has 0 aliphatic carbocycles. The molecule has 168 valence electrons. The van der Waals surface area contributed by atoms with Crippen molar-refractivity contribution in [2.45, 2.75) is 26.5 Å². The van der Waals surface area contributed by atoms with Crippen LogP contribution in [0.4, 0.5) is 0 Å². The largest absolute Gasteiger partial charge is 0.487 e. The molecule has 2 aromatic heterocycles. The number of hydrogen-bond donors (Lipinski definition) is 1. The normalized spacial score (nSPS) is 13.1. The predicted octanol–water partition coefficient (Wildman–Crippen LogP) is 4.50. The number of nitrogens with one attached hydrogen (secondary N) is 1. The van der Waals surface area contributed by atoms with Crippen molar-refractivity contribution in [3.8, 4) is 5.75 Å². The molecular weight excluding hydrogens is 438 g/mol. The number of thiazole rings is 1. The number of ether oxygens (including phenoxy) is 2. The van der Waals surface area contributed by atoms with Gasteiger partial charge < -0.3 is 19.4 Å². The Bertz CT molecular complexity index is 1360. The Labute approximate surface area is 195 Å². The van der Waals surface area contributed by atoms with Crippen LogP contribution in [0.2, 0.25) is 0 Å². The van der Waals surface area contributed by atoms with Crippen molar-refractivity contribution in [1.29, 1.82) is 0 Å². The van der Waals surface area contributed by atoms with Gasteiger partial charge in [0.25, 0.3) is 5.91 Å². The molecule has 1 N–H and O–H groups in total. The van der Waals surface area contributed by atoms with Crippen LogP contribution in [0.1, 0.15) is 42.7 Å². The van der Waals surface area contributed by atoms with Crippen molar-refractivity contribution in [3.63, 3.8) is 0 Å². The van der Waals surface area contributed by atoms with Crippen LogP contribution in [-0.4, -0.2) is 40.4 Å². The lowest BCUT2D eigenvalue weighted by molar-refractivity contribution is 0.0600. The fourth-order valence-corrected chi connectivity index (χ4v) is 4.76. The summed E-state index contributed by atoms with van der Waals surface area (Å²) in [4.78, 5) is 34.9. The molecule has 8 heteroatoms. The molecule has 3 heterocycles. The minimum atomic E-state index is -0.375. The molecule has 0 saturated carbocycles. The third kappa shape index (κ3) is 4.21. The van der Waals surface area contributed by atoms with Gasteiger partial charge in [0.2, 0.25) is 0 Å². The number of aromatic nitrogens is 2. The van der Waals surface area contributed by atoms with Crippen molar-refractivity contribution in [3.05, 3.63) is 80.9 Å². The monoisotopic (exact) mass is 461 g/mol. The van der Waals surface area contributed by atoms with Crippen molar-refractivity contribution in [2.24, 2.45) is 0 Å². The van der Waals surface area contributed by atoms with E-state index in [2.05, 4.69) is 9.97 Å². The first-order chi connectivity index (χ1) is 16.0. The lowest BCUT2D eigenvalue weighted by Gasteiger charge is -2.27. The average Bonchev–Trinajstić information content (AvgIpc) is 3.43. The molecule has 33 heavy (non-hydrogen) atoms. The summed E-state index contributed by atoms with van der Waals surface area (Å²) in [5.74, 6) is 0.216. The molecule has 0 spiro atoms. The zero-order chi connectivity index (χ0) is 22.9. The maximum Gasteiger partial charge on any atom is 0.337 e. The van der Waals surface area contributed by atoms with Gasteiger partial charge in [-0.15, -0.1) is 11.3 Å². The van der Waals surface area contributed by atoms with Crippen LogP contribution in [0.5, 0.6) is 5.75 Å². The van der Waals surface area contributed by atoms with E-state index in [9.17, 15) is 9.59 Å². The first-order valence-corrected chi connectivity index (χ1v) is 11.5. The second-order valence-corrected chi connectivity index (χ2v) is 9.05. The summed E-state index contributed by atoms with van der Waals surface area (Å²) < 4.78 is 10.7. The molecule has 5 rings (SSSR count). The van der Waals surface area contributed by atoms with Gasteiger partial charge in [-0.1, -0.05) is 6.07 Å². The lowest BCUT2D eigenvalue weighted by Crippen LogP contribution is -2.35. The number of H-pyrrole nitrogens is 1. The average molecular weight is 462 g/mol. The summed E-state index contributed by atoms with van der Waals surface area (Å²) in [5.41, 5.74) is 5.06. The highest BCUT2D eigenvalue weighted by Gasteiger charge is 2.25. The van der Waals surface area contributed by atoms with Crippen molar-refractivity contribution < 1.29 is 19.1 Å². The van der Waals surface area contributed by atoms with Gasteiger partial charge in [0, 0.05) is 52.6 Å². The topological polar surface area (TPSA) is 84.5 Å². The Morgan fingerprint density at radius 1 is 1.18 bits per heavy atom. The smallest absolute Gasteiger partial charge is 0.337 e. The van der Waals surface area contributed by atoms with Gasteiger partial charge in [-0.05, 0) is 43.3 Å². The van der Waals surface area contributed by atoms with E-state index >= 15 is 0 Å². The molecule has 0 unspecified atom stereocenters. The highest BCUT2D eigenvalue weighted by atomic mass is 32.1. The first kappa shape index (κ1) is 21.2. The van der Waals surface area contributed by atoms with Gasteiger partial charge >= 0.3 is 5.97 Å². The number of amides is 1. The van der Waals surface area contributed by atoms with E-state index in [0.29, 0.717) is 36.6 Å². The Morgan fingerprint density at radius 2 is 2.06 bits per heavy atom. The second-order valence-electron chi connectivity index (χ2n) is 7.99. The van der Waals surface area contributed by atoms with Gasteiger partial charge in [0.1, 0.15) is 12.4 Å². The number of aryl methyl sites for hydroxylation is 1. The van der Waals surface area contributed by atoms with Gasteiger partial charge in [0.15, 0.2) is 0 Å². The fourth-order valence-electron chi connectivity index (χ4n) is 4.17. The minimum Gasteiger partial charge on any atom is -0.487 e. The van der Waals surface area contributed by atoms with Crippen LogP contribution in [0, 0.1) is 6.92 Å². The predicted molar refractivity (Wildman–Crippen MR) is 126 cm³/mol. The summed E-state index contributed by atoms with van der Waals surface area (Å²) in [7, 11) is 1.37. The molecule has 0 radical (unpaired) electrons. The molecule has 1 aliphatic rings. The van der Waals surface area contributed by atoms with Crippen molar-refractivity contribution in [1.82, 2.24) is 14.9 Å². The van der Waals surface area contributed by atoms with E-state index in [1.165, 1.54) is 7.11 Å². The number of carbonyl (C=O) groups is 2. The van der Waals surface area contributed by atoms with Crippen LogP contribution >= 0.6 is 11.3 Å². The Hall–Kier alpha value is -3.65. The molecule has 0 saturated heterocycles. The Morgan fingerprint density at radius 3 is 2.85 bits per heavy atom. The van der Waals surface area contributed by atoms with E-state index in [1.54, 1.807) is 23.5 Å². The van der Waals surface area contributed by atoms with Gasteiger partial charge in [0.05, 0.1) is 23.4 Å². The van der Waals surface area contributed by atoms with Crippen LogP contribution in [0.25, 0.3) is 10.9 Å². The van der Waals surface area contributed by atoms with Gasteiger partial charge in [-0.2, -0.15) is 0 Å². The maximum absolute atomic E-state index is 13.3. The fraction of sp³-hybridized carbons (Fsp3) is 0.240. The minimum absolute atomic E-state index is 0.0472. The number of benzene rings is 2. The summed E-state index contributed by atoms with van der Waals surface area (Å²) in [5, 5.41) is 3.92. The number of esters is 1.